The van der Waals surface area contributed by atoms with E-state index < -0.39 is 6.04 Å². The molecule has 0 aliphatic carbocycles. The molecule has 6 heteroatoms. The summed E-state index contributed by atoms with van der Waals surface area (Å²) in [7, 11) is 0. The van der Waals surface area contributed by atoms with Crippen LogP contribution in [0.4, 0.5) is 0 Å². The molecule has 0 fully saturated rings. The van der Waals surface area contributed by atoms with Gasteiger partial charge in [0.25, 0.3) is 0 Å². The summed E-state index contributed by atoms with van der Waals surface area (Å²) in [4.78, 5) is 27.2. The molecule has 2 rings (SSSR count). The van der Waals surface area contributed by atoms with E-state index in [2.05, 4.69) is 5.32 Å². The summed E-state index contributed by atoms with van der Waals surface area (Å²) in [6.45, 7) is 7.11. The second-order valence-electron chi connectivity index (χ2n) is 7.69. The minimum atomic E-state index is -0.595. The van der Waals surface area contributed by atoms with Crippen LogP contribution in [0.2, 0.25) is 5.02 Å². The molecule has 162 valence electrons. The maximum Gasteiger partial charge on any atom is 0.242 e. The number of nitrogens with zero attached hydrogens (tertiary/aromatic N) is 1. The smallest absolute Gasteiger partial charge is 0.242 e. The fourth-order valence-electron chi connectivity index (χ4n) is 2.92. The summed E-state index contributed by atoms with van der Waals surface area (Å²) in [5.74, 6) is 0.853. The Bertz CT molecular complexity index is 811. The Morgan fingerprint density at radius 3 is 2.37 bits per heavy atom. The molecule has 5 nitrogen and oxygen atoms in total. The molecule has 0 aliphatic heterocycles. The summed E-state index contributed by atoms with van der Waals surface area (Å²) >= 11 is 6.30. The molecule has 0 saturated carbocycles. The predicted octanol–water partition coefficient (Wildman–Crippen LogP) is 4.69. The zero-order valence-electron chi connectivity index (χ0n) is 17.9. The molecule has 2 amide bonds. The van der Waals surface area contributed by atoms with Crippen molar-refractivity contribution in [2.75, 3.05) is 13.2 Å². The standard InChI is InChI=1S/C24H31ClN2O3/c1-18(2)16-26-24(29)19(3)27(17-20-10-7-8-13-22(20)25)23(28)14-9-15-30-21-11-5-4-6-12-21/h4-8,10-13,18-19H,9,14-17H2,1-3H3,(H,26,29)/t19-/m1/s1. The van der Waals surface area contributed by atoms with Crippen molar-refractivity contribution in [1.29, 1.82) is 0 Å². The monoisotopic (exact) mass is 430 g/mol. The quantitative estimate of drug-likeness (QED) is 0.526. The average molecular weight is 431 g/mol. The molecule has 0 heterocycles. The number of nitrogens with one attached hydrogen (secondary N) is 1. The van der Waals surface area contributed by atoms with Gasteiger partial charge in [0, 0.05) is 24.5 Å². The molecule has 0 spiro atoms. The van der Waals surface area contributed by atoms with Crippen LogP contribution in [0.25, 0.3) is 0 Å². The molecule has 0 aliphatic rings. The molecule has 0 bridgehead atoms. The molecule has 0 saturated heterocycles. The van der Waals surface area contributed by atoms with E-state index in [0.717, 1.165) is 11.3 Å². The third kappa shape index (κ3) is 7.71. The van der Waals surface area contributed by atoms with Crippen LogP contribution >= 0.6 is 11.6 Å². The van der Waals surface area contributed by atoms with E-state index in [0.29, 0.717) is 36.9 Å². The van der Waals surface area contributed by atoms with Gasteiger partial charge in [0.1, 0.15) is 11.8 Å². The van der Waals surface area contributed by atoms with Gasteiger partial charge >= 0.3 is 0 Å². The molecule has 0 aromatic heterocycles. The number of hydrogen-bond donors (Lipinski definition) is 1. The fraction of sp³-hybridized carbons (Fsp3) is 0.417. The van der Waals surface area contributed by atoms with Crippen LogP contribution < -0.4 is 10.1 Å². The second kappa shape index (κ2) is 12.2. The van der Waals surface area contributed by atoms with E-state index in [-0.39, 0.29) is 18.4 Å². The van der Waals surface area contributed by atoms with Crippen LogP contribution in [-0.4, -0.2) is 35.9 Å². The Hall–Kier alpha value is -2.53. The third-order valence-corrected chi connectivity index (χ3v) is 5.07. The lowest BCUT2D eigenvalue weighted by molar-refractivity contribution is -0.140. The van der Waals surface area contributed by atoms with Gasteiger partial charge in [0.15, 0.2) is 0 Å². The van der Waals surface area contributed by atoms with Crippen molar-refractivity contribution < 1.29 is 14.3 Å². The van der Waals surface area contributed by atoms with E-state index >= 15 is 0 Å². The predicted molar refractivity (Wildman–Crippen MR) is 120 cm³/mol. The Morgan fingerprint density at radius 1 is 1.03 bits per heavy atom. The molecule has 0 unspecified atom stereocenters. The first kappa shape index (κ1) is 23.7. The van der Waals surface area contributed by atoms with E-state index in [1.165, 1.54) is 0 Å². The molecule has 30 heavy (non-hydrogen) atoms. The van der Waals surface area contributed by atoms with Gasteiger partial charge in [-0.3, -0.25) is 9.59 Å². The Morgan fingerprint density at radius 2 is 1.70 bits per heavy atom. The van der Waals surface area contributed by atoms with Gasteiger partial charge < -0.3 is 15.0 Å². The van der Waals surface area contributed by atoms with Gasteiger partial charge in [-0.1, -0.05) is 61.8 Å². The number of ether oxygens (including phenoxy) is 1. The number of hydrogen-bond acceptors (Lipinski definition) is 3. The van der Waals surface area contributed by atoms with Crippen molar-refractivity contribution in [2.45, 2.75) is 46.2 Å². The molecular weight excluding hydrogens is 400 g/mol. The highest BCUT2D eigenvalue weighted by atomic mass is 35.5. The van der Waals surface area contributed by atoms with Crippen molar-refractivity contribution in [3.63, 3.8) is 0 Å². The third-order valence-electron chi connectivity index (χ3n) is 4.70. The number of para-hydroxylation sites is 1. The zero-order valence-corrected chi connectivity index (χ0v) is 18.7. The Kier molecular flexibility index (Phi) is 9.68. The highest BCUT2D eigenvalue weighted by Crippen LogP contribution is 2.19. The molecule has 1 atom stereocenters. The number of rotatable bonds is 11. The van der Waals surface area contributed by atoms with Crippen LogP contribution in [-0.2, 0) is 16.1 Å². The minimum absolute atomic E-state index is 0.0984. The number of halogens is 1. The van der Waals surface area contributed by atoms with E-state index in [1.807, 2.05) is 62.4 Å². The van der Waals surface area contributed by atoms with Crippen LogP contribution in [0, 0.1) is 5.92 Å². The Balaban J connectivity index is 2.00. The number of carbonyl (C=O) groups is 2. The summed E-state index contributed by atoms with van der Waals surface area (Å²) in [5.41, 5.74) is 0.816. The van der Waals surface area contributed by atoms with Crippen LogP contribution in [0.1, 0.15) is 39.2 Å². The average Bonchev–Trinajstić information content (AvgIpc) is 2.74. The zero-order chi connectivity index (χ0) is 21.9. The minimum Gasteiger partial charge on any atom is -0.494 e. The largest absolute Gasteiger partial charge is 0.494 e. The van der Waals surface area contributed by atoms with Crippen molar-refractivity contribution in [3.05, 3.63) is 65.2 Å². The van der Waals surface area contributed by atoms with Crippen LogP contribution in [0.5, 0.6) is 5.75 Å². The maximum atomic E-state index is 13.0. The second-order valence-corrected chi connectivity index (χ2v) is 8.10. The van der Waals surface area contributed by atoms with E-state index in [9.17, 15) is 9.59 Å². The lowest BCUT2D eigenvalue weighted by Gasteiger charge is -2.29. The molecule has 2 aromatic rings. The first-order valence-electron chi connectivity index (χ1n) is 10.4. The highest BCUT2D eigenvalue weighted by molar-refractivity contribution is 6.31. The SMILES string of the molecule is CC(C)CNC(=O)[C@@H](C)N(Cc1ccccc1Cl)C(=O)CCCOc1ccccc1. The number of benzene rings is 2. The number of amides is 2. The van der Waals surface area contributed by atoms with Gasteiger partial charge in [0.2, 0.25) is 11.8 Å². The van der Waals surface area contributed by atoms with Crippen LogP contribution in [0.15, 0.2) is 54.6 Å². The van der Waals surface area contributed by atoms with Gasteiger partial charge in [-0.05, 0) is 43.0 Å². The van der Waals surface area contributed by atoms with Crippen molar-refractivity contribution >= 4 is 23.4 Å². The maximum absolute atomic E-state index is 13.0. The van der Waals surface area contributed by atoms with Crippen molar-refractivity contribution in [2.24, 2.45) is 5.92 Å². The van der Waals surface area contributed by atoms with Gasteiger partial charge in [-0.15, -0.1) is 0 Å². The summed E-state index contributed by atoms with van der Waals surface area (Å²) < 4.78 is 5.68. The molecule has 1 N–H and O–H groups in total. The fourth-order valence-corrected chi connectivity index (χ4v) is 3.11. The van der Waals surface area contributed by atoms with Gasteiger partial charge in [-0.2, -0.15) is 0 Å². The van der Waals surface area contributed by atoms with E-state index in [1.54, 1.807) is 17.9 Å². The van der Waals surface area contributed by atoms with Crippen LogP contribution in [0.3, 0.4) is 0 Å². The lowest BCUT2D eigenvalue weighted by Crippen LogP contribution is -2.48. The first-order valence-corrected chi connectivity index (χ1v) is 10.7. The summed E-state index contributed by atoms with van der Waals surface area (Å²) in [6, 6.07) is 16.3. The highest BCUT2D eigenvalue weighted by Gasteiger charge is 2.26. The number of carbonyl (C=O) groups excluding carboxylic acids is 2. The van der Waals surface area contributed by atoms with Crippen molar-refractivity contribution in [1.82, 2.24) is 10.2 Å². The molecular formula is C24H31ClN2O3. The first-order chi connectivity index (χ1) is 14.4. The summed E-state index contributed by atoms with van der Waals surface area (Å²) in [6.07, 6.45) is 0.853. The molecule has 2 aromatic carbocycles. The summed E-state index contributed by atoms with van der Waals surface area (Å²) in [5, 5.41) is 3.50. The normalized spacial score (nSPS) is 11.8. The molecule has 0 radical (unpaired) electrons. The topological polar surface area (TPSA) is 58.6 Å². The van der Waals surface area contributed by atoms with E-state index in [4.69, 9.17) is 16.3 Å². The van der Waals surface area contributed by atoms with Gasteiger partial charge in [-0.25, -0.2) is 0 Å². The van der Waals surface area contributed by atoms with Gasteiger partial charge in [0.05, 0.1) is 6.61 Å². The van der Waals surface area contributed by atoms with Crippen molar-refractivity contribution in [3.8, 4) is 5.75 Å². The Labute approximate surface area is 184 Å². The lowest BCUT2D eigenvalue weighted by atomic mass is 10.1.